The fourth-order valence-electron chi connectivity index (χ4n) is 3.83. The lowest BCUT2D eigenvalue weighted by atomic mass is 9.93. The number of rotatable bonds is 3. The second-order valence-electron chi connectivity index (χ2n) is 6.24. The molecule has 20 heavy (non-hydrogen) atoms. The average molecular weight is 275 g/mol. The van der Waals surface area contributed by atoms with Gasteiger partial charge in [0.05, 0.1) is 13.2 Å². The Morgan fingerprint density at radius 3 is 2.65 bits per heavy atom. The number of methoxy groups -OCH3 is 1. The number of likely N-dealkylation sites (N-methyl/N-ethyl adjacent to an activating group) is 1. The van der Waals surface area contributed by atoms with Gasteiger partial charge in [0.1, 0.15) is 5.75 Å². The first-order chi connectivity index (χ1) is 9.70. The maximum Gasteiger partial charge on any atom is 0.119 e. The molecule has 0 heterocycles. The highest BCUT2D eigenvalue weighted by Crippen LogP contribution is 2.38. The second-order valence-corrected chi connectivity index (χ2v) is 6.24. The highest BCUT2D eigenvalue weighted by Gasteiger charge is 2.36. The molecule has 3 rings (SSSR count). The zero-order chi connectivity index (χ0) is 14.1. The fourth-order valence-corrected chi connectivity index (χ4v) is 3.83. The van der Waals surface area contributed by atoms with Crippen molar-refractivity contribution in [3.05, 3.63) is 29.3 Å². The van der Waals surface area contributed by atoms with Crippen molar-refractivity contribution in [1.82, 2.24) is 4.90 Å². The van der Waals surface area contributed by atoms with E-state index in [9.17, 15) is 5.11 Å². The van der Waals surface area contributed by atoms with Gasteiger partial charge in [-0.2, -0.15) is 0 Å². The van der Waals surface area contributed by atoms with Crippen molar-refractivity contribution in [2.24, 2.45) is 0 Å². The SMILES string of the molecule is COc1ccc2c(c1)C(O)C(N(C)C1CCCCC1)C2. The Hall–Kier alpha value is -1.06. The van der Waals surface area contributed by atoms with Crippen LogP contribution in [0.15, 0.2) is 18.2 Å². The lowest BCUT2D eigenvalue weighted by molar-refractivity contribution is 0.0407. The molecule has 2 atom stereocenters. The molecule has 0 radical (unpaired) electrons. The molecule has 1 aromatic rings. The first kappa shape index (κ1) is 13.9. The second kappa shape index (κ2) is 5.74. The molecule has 110 valence electrons. The lowest BCUT2D eigenvalue weighted by Gasteiger charge is -2.37. The van der Waals surface area contributed by atoms with Crippen molar-refractivity contribution in [3.8, 4) is 5.75 Å². The molecule has 1 N–H and O–H groups in total. The van der Waals surface area contributed by atoms with Crippen LogP contribution in [0.4, 0.5) is 0 Å². The third-order valence-corrected chi connectivity index (χ3v) is 5.14. The molecule has 2 unspecified atom stereocenters. The van der Waals surface area contributed by atoms with Crippen molar-refractivity contribution >= 4 is 0 Å². The molecule has 0 aromatic heterocycles. The summed E-state index contributed by atoms with van der Waals surface area (Å²) in [6.45, 7) is 0. The third kappa shape index (κ3) is 2.45. The van der Waals surface area contributed by atoms with Gasteiger partial charge in [0.15, 0.2) is 0 Å². The number of fused-ring (bicyclic) bond motifs is 1. The zero-order valence-electron chi connectivity index (χ0n) is 12.5. The summed E-state index contributed by atoms with van der Waals surface area (Å²) in [4.78, 5) is 2.43. The number of nitrogens with zero attached hydrogens (tertiary/aromatic N) is 1. The standard InChI is InChI=1S/C17H25NO2/c1-18(13-6-4-3-5-7-13)16-10-12-8-9-14(20-2)11-15(12)17(16)19/h8-9,11,13,16-17,19H,3-7,10H2,1-2H3. The molecular weight excluding hydrogens is 250 g/mol. The fraction of sp³-hybridized carbons (Fsp3) is 0.647. The van der Waals surface area contributed by atoms with Crippen LogP contribution in [0.3, 0.4) is 0 Å². The summed E-state index contributed by atoms with van der Waals surface area (Å²) in [5.74, 6) is 0.837. The van der Waals surface area contributed by atoms with Crippen LogP contribution in [-0.4, -0.2) is 36.2 Å². The number of benzene rings is 1. The first-order valence-corrected chi connectivity index (χ1v) is 7.77. The quantitative estimate of drug-likeness (QED) is 0.920. The smallest absolute Gasteiger partial charge is 0.119 e. The first-order valence-electron chi connectivity index (χ1n) is 7.77. The summed E-state index contributed by atoms with van der Waals surface area (Å²) in [5, 5.41) is 10.7. The number of ether oxygens (including phenoxy) is 1. The van der Waals surface area contributed by atoms with Crippen molar-refractivity contribution in [3.63, 3.8) is 0 Å². The summed E-state index contributed by atoms with van der Waals surface area (Å²) in [5.41, 5.74) is 2.32. The van der Waals surface area contributed by atoms with E-state index in [2.05, 4.69) is 18.0 Å². The third-order valence-electron chi connectivity index (χ3n) is 5.14. The molecule has 2 aliphatic carbocycles. The Labute approximate surface area is 121 Å². The van der Waals surface area contributed by atoms with Gasteiger partial charge in [-0.25, -0.2) is 0 Å². The number of aliphatic hydroxyl groups excluding tert-OH is 1. The minimum atomic E-state index is -0.382. The minimum absolute atomic E-state index is 0.222. The van der Waals surface area contributed by atoms with Crippen molar-refractivity contribution in [2.45, 2.75) is 56.7 Å². The molecule has 1 fully saturated rings. The molecule has 0 amide bonds. The van der Waals surface area contributed by atoms with Gasteiger partial charge in [-0.3, -0.25) is 4.90 Å². The van der Waals surface area contributed by atoms with E-state index in [-0.39, 0.29) is 12.1 Å². The van der Waals surface area contributed by atoms with E-state index >= 15 is 0 Å². The van der Waals surface area contributed by atoms with Crippen LogP contribution in [0.25, 0.3) is 0 Å². The largest absolute Gasteiger partial charge is 0.497 e. The average Bonchev–Trinajstić information content (AvgIpc) is 2.84. The van der Waals surface area contributed by atoms with Crippen LogP contribution in [0, 0.1) is 0 Å². The number of hydrogen-bond acceptors (Lipinski definition) is 3. The highest BCUT2D eigenvalue weighted by atomic mass is 16.5. The van der Waals surface area contributed by atoms with Crippen LogP contribution >= 0.6 is 0 Å². The maximum absolute atomic E-state index is 10.7. The van der Waals surface area contributed by atoms with E-state index in [4.69, 9.17) is 4.74 Å². The van der Waals surface area contributed by atoms with E-state index in [1.807, 2.05) is 12.1 Å². The van der Waals surface area contributed by atoms with Crippen LogP contribution in [-0.2, 0) is 6.42 Å². The van der Waals surface area contributed by atoms with Gasteiger partial charge in [0.2, 0.25) is 0 Å². The maximum atomic E-state index is 10.7. The predicted molar refractivity (Wildman–Crippen MR) is 80.1 cm³/mol. The van der Waals surface area contributed by atoms with Crippen LogP contribution in [0.2, 0.25) is 0 Å². The van der Waals surface area contributed by atoms with Crippen LogP contribution in [0.5, 0.6) is 5.75 Å². The van der Waals surface area contributed by atoms with E-state index in [1.54, 1.807) is 7.11 Å². The molecular formula is C17H25NO2. The Morgan fingerprint density at radius 2 is 1.95 bits per heavy atom. The van der Waals surface area contributed by atoms with Gasteiger partial charge in [0.25, 0.3) is 0 Å². The zero-order valence-corrected chi connectivity index (χ0v) is 12.5. The van der Waals surface area contributed by atoms with E-state index < -0.39 is 0 Å². The summed E-state index contributed by atoms with van der Waals surface area (Å²) in [7, 11) is 3.86. The molecule has 0 spiro atoms. The number of aliphatic hydroxyl groups is 1. The van der Waals surface area contributed by atoms with Gasteiger partial charge < -0.3 is 9.84 Å². The predicted octanol–water partition coefficient (Wildman–Crippen LogP) is 2.92. The lowest BCUT2D eigenvalue weighted by Crippen LogP contribution is -2.43. The van der Waals surface area contributed by atoms with E-state index in [0.717, 1.165) is 17.7 Å². The molecule has 3 heteroatoms. The summed E-state index contributed by atoms with van der Waals surface area (Å²) < 4.78 is 5.28. The monoisotopic (exact) mass is 275 g/mol. The Bertz CT molecular complexity index is 468. The molecule has 3 nitrogen and oxygen atoms in total. The topological polar surface area (TPSA) is 32.7 Å². The van der Waals surface area contributed by atoms with Gasteiger partial charge in [-0.1, -0.05) is 25.3 Å². The highest BCUT2D eigenvalue weighted by molar-refractivity contribution is 5.41. The van der Waals surface area contributed by atoms with E-state index in [0.29, 0.717) is 6.04 Å². The van der Waals surface area contributed by atoms with Crippen molar-refractivity contribution < 1.29 is 9.84 Å². The summed E-state index contributed by atoms with van der Waals surface area (Å²) in [6.07, 6.45) is 7.16. The molecule has 0 bridgehead atoms. The van der Waals surface area contributed by atoms with Gasteiger partial charge >= 0.3 is 0 Å². The van der Waals surface area contributed by atoms with Gasteiger partial charge in [-0.15, -0.1) is 0 Å². The summed E-state index contributed by atoms with van der Waals surface area (Å²) >= 11 is 0. The van der Waals surface area contributed by atoms with Crippen LogP contribution in [0.1, 0.15) is 49.3 Å². The van der Waals surface area contributed by atoms with Gasteiger partial charge in [-0.05, 0) is 49.6 Å². The molecule has 2 aliphatic rings. The molecule has 1 saturated carbocycles. The van der Waals surface area contributed by atoms with E-state index in [1.165, 1.54) is 37.7 Å². The summed E-state index contributed by atoms with van der Waals surface area (Å²) in [6, 6.07) is 6.95. The normalized spacial score (nSPS) is 26.8. The Kier molecular flexibility index (Phi) is 3.99. The van der Waals surface area contributed by atoms with Crippen LogP contribution < -0.4 is 4.74 Å². The van der Waals surface area contributed by atoms with Gasteiger partial charge in [0, 0.05) is 12.1 Å². The Balaban J connectivity index is 1.76. The molecule has 1 aromatic carbocycles. The Morgan fingerprint density at radius 1 is 1.20 bits per heavy atom. The number of hydrogen-bond donors (Lipinski definition) is 1. The molecule has 0 aliphatic heterocycles. The minimum Gasteiger partial charge on any atom is -0.497 e. The van der Waals surface area contributed by atoms with Crippen molar-refractivity contribution in [1.29, 1.82) is 0 Å². The molecule has 0 saturated heterocycles. The van der Waals surface area contributed by atoms with Crippen molar-refractivity contribution in [2.75, 3.05) is 14.2 Å².